The van der Waals surface area contributed by atoms with Crippen LogP contribution in [-0.2, 0) is 14.3 Å². The van der Waals surface area contributed by atoms with Gasteiger partial charge in [0, 0.05) is 32.6 Å². The largest absolute Gasteiger partial charge is 0.444 e. The van der Waals surface area contributed by atoms with Gasteiger partial charge in [0.25, 0.3) is 11.8 Å². The van der Waals surface area contributed by atoms with Gasteiger partial charge in [-0.25, -0.2) is 9.18 Å². The van der Waals surface area contributed by atoms with Gasteiger partial charge in [-0.3, -0.25) is 29.4 Å². The van der Waals surface area contributed by atoms with Crippen LogP contribution in [0.5, 0.6) is 0 Å². The normalized spacial score (nSPS) is 21.3. The number of hydrogen-bond acceptors (Lipinski definition) is 7. The standard InChI is InChI=1S/C22H25FN4O6/c1-22(2,3)33-21(32)26-8-6-25(7-9-26)16-11-13-12(10-14(16)23)19(30)27(20(13)31)15-4-5-17(28)24-18(15)29/h10-11,15H,4-9H2,1-3H3,(H,24,28,29)/t15-/m0/s1. The Labute approximate surface area is 189 Å². The highest BCUT2D eigenvalue weighted by Crippen LogP contribution is 2.33. The van der Waals surface area contributed by atoms with E-state index in [9.17, 15) is 28.4 Å². The Morgan fingerprint density at radius 3 is 2.21 bits per heavy atom. The quantitative estimate of drug-likeness (QED) is 0.661. The van der Waals surface area contributed by atoms with E-state index in [1.54, 1.807) is 25.7 Å². The van der Waals surface area contributed by atoms with Crippen molar-refractivity contribution in [2.24, 2.45) is 0 Å². The predicted octanol–water partition coefficient (Wildman–Crippen LogP) is 1.28. The molecule has 1 aromatic carbocycles. The maximum Gasteiger partial charge on any atom is 0.410 e. The summed E-state index contributed by atoms with van der Waals surface area (Å²) >= 11 is 0. The molecule has 3 aliphatic rings. The van der Waals surface area contributed by atoms with Gasteiger partial charge in [0.2, 0.25) is 11.8 Å². The molecule has 1 N–H and O–H groups in total. The summed E-state index contributed by atoms with van der Waals surface area (Å²) in [6, 6.07) is 1.22. The van der Waals surface area contributed by atoms with Crippen LogP contribution < -0.4 is 10.2 Å². The number of nitrogens with one attached hydrogen (secondary N) is 1. The number of imide groups is 2. The molecule has 0 saturated carbocycles. The summed E-state index contributed by atoms with van der Waals surface area (Å²) in [4.78, 5) is 65.7. The average Bonchev–Trinajstić information content (AvgIpc) is 2.96. The molecule has 5 amide bonds. The van der Waals surface area contributed by atoms with E-state index in [-0.39, 0.29) is 29.7 Å². The van der Waals surface area contributed by atoms with Gasteiger partial charge in [-0.05, 0) is 39.3 Å². The highest BCUT2D eigenvalue weighted by atomic mass is 19.1. The van der Waals surface area contributed by atoms with Crippen LogP contribution in [0.3, 0.4) is 0 Å². The van der Waals surface area contributed by atoms with Crippen LogP contribution in [0.4, 0.5) is 14.9 Å². The maximum absolute atomic E-state index is 15.0. The number of piperidine rings is 1. The number of hydrogen-bond donors (Lipinski definition) is 1. The van der Waals surface area contributed by atoms with Crippen molar-refractivity contribution in [1.29, 1.82) is 0 Å². The molecule has 10 nitrogen and oxygen atoms in total. The van der Waals surface area contributed by atoms with Crippen LogP contribution in [0.25, 0.3) is 0 Å². The van der Waals surface area contributed by atoms with E-state index in [0.717, 1.165) is 11.0 Å². The van der Waals surface area contributed by atoms with Crippen LogP contribution >= 0.6 is 0 Å². The molecule has 0 aliphatic carbocycles. The lowest BCUT2D eigenvalue weighted by atomic mass is 10.0. The van der Waals surface area contributed by atoms with Crippen LogP contribution in [0.1, 0.15) is 54.3 Å². The van der Waals surface area contributed by atoms with E-state index >= 15 is 0 Å². The molecule has 0 aromatic heterocycles. The van der Waals surface area contributed by atoms with Crippen LogP contribution in [-0.4, -0.2) is 77.3 Å². The highest BCUT2D eigenvalue weighted by Gasteiger charge is 2.45. The number of ether oxygens (including phenoxy) is 1. The van der Waals surface area contributed by atoms with Gasteiger partial charge < -0.3 is 14.5 Å². The van der Waals surface area contributed by atoms with Crippen LogP contribution in [0, 0.1) is 5.82 Å². The van der Waals surface area contributed by atoms with Crippen molar-refractivity contribution in [2.75, 3.05) is 31.1 Å². The molecule has 2 fully saturated rings. The van der Waals surface area contributed by atoms with Gasteiger partial charge in [-0.15, -0.1) is 0 Å². The summed E-state index contributed by atoms with van der Waals surface area (Å²) < 4.78 is 20.3. The zero-order valence-electron chi connectivity index (χ0n) is 18.6. The van der Waals surface area contributed by atoms with Crippen molar-refractivity contribution in [3.63, 3.8) is 0 Å². The number of benzene rings is 1. The number of carbonyl (C=O) groups excluding carboxylic acids is 5. The number of nitrogens with zero attached hydrogens (tertiary/aromatic N) is 3. The fraction of sp³-hybridized carbons (Fsp3) is 0.500. The Hall–Kier alpha value is -3.50. The monoisotopic (exact) mass is 460 g/mol. The first-order valence-electron chi connectivity index (χ1n) is 10.7. The lowest BCUT2D eigenvalue weighted by Gasteiger charge is -2.37. The van der Waals surface area contributed by atoms with E-state index in [2.05, 4.69) is 5.32 Å². The molecule has 1 aromatic rings. The summed E-state index contributed by atoms with van der Waals surface area (Å²) in [5.41, 5.74) is -0.584. The second kappa shape index (κ2) is 8.13. The molecule has 4 rings (SSSR count). The second-order valence-corrected chi connectivity index (χ2v) is 9.25. The molecule has 0 unspecified atom stereocenters. The van der Waals surface area contributed by atoms with Crippen LogP contribution in [0.2, 0.25) is 0 Å². The van der Waals surface area contributed by atoms with E-state index < -0.39 is 47.2 Å². The third kappa shape index (κ3) is 4.27. The fourth-order valence-electron chi connectivity index (χ4n) is 4.18. The highest BCUT2D eigenvalue weighted by molar-refractivity contribution is 6.23. The Morgan fingerprint density at radius 2 is 1.64 bits per heavy atom. The lowest BCUT2D eigenvalue weighted by molar-refractivity contribution is -0.136. The average molecular weight is 460 g/mol. The third-order valence-corrected chi connectivity index (χ3v) is 5.78. The topological polar surface area (TPSA) is 116 Å². The summed E-state index contributed by atoms with van der Waals surface area (Å²) in [7, 11) is 0. The zero-order valence-corrected chi connectivity index (χ0v) is 18.6. The minimum atomic E-state index is -1.11. The maximum atomic E-state index is 15.0. The van der Waals surface area contributed by atoms with Gasteiger partial charge in [-0.1, -0.05) is 0 Å². The summed E-state index contributed by atoms with van der Waals surface area (Å²) in [6.45, 7) is 6.57. The summed E-state index contributed by atoms with van der Waals surface area (Å²) in [6.07, 6.45) is -0.416. The van der Waals surface area contributed by atoms with Crippen molar-refractivity contribution < 1.29 is 33.1 Å². The summed E-state index contributed by atoms with van der Waals surface area (Å²) in [5, 5.41) is 2.13. The molecule has 0 spiro atoms. The Morgan fingerprint density at radius 1 is 1.03 bits per heavy atom. The molecule has 3 heterocycles. The molecule has 0 bridgehead atoms. The molecular weight excluding hydrogens is 435 g/mol. The molecule has 2 saturated heterocycles. The number of fused-ring (bicyclic) bond motifs is 1. The number of carbonyl (C=O) groups is 5. The number of amides is 5. The molecular formula is C22H25FN4O6. The van der Waals surface area contributed by atoms with E-state index in [1.807, 2.05) is 0 Å². The van der Waals surface area contributed by atoms with Gasteiger partial charge in [-0.2, -0.15) is 0 Å². The minimum Gasteiger partial charge on any atom is -0.444 e. The minimum absolute atomic E-state index is 0.00531. The molecule has 1 atom stereocenters. The second-order valence-electron chi connectivity index (χ2n) is 9.25. The molecule has 176 valence electrons. The number of rotatable bonds is 2. The zero-order chi connectivity index (χ0) is 24.1. The predicted molar refractivity (Wildman–Crippen MR) is 113 cm³/mol. The van der Waals surface area contributed by atoms with Gasteiger partial charge in [0.05, 0.1) is 16.8 Å². The van der Waals surface area contributed by atoms with Crippen molar-refractivity contribution in [1.82, 2.24) is 15.1 Å². The van der Waals surface area contributed by atoms with Crippen molar-refractivity contribution >= 4 is 35.4 Å². The Kier molecular flexibility index (Phi) is 5.59. The van der Waals surface area contributed by atoms with Gasteiger partial charge in [0.1, 0.15) is 17.5 Å². The first-order valence-corrected chi connectivity index (χ1v) is 10.7. The number of halogens is 1. The van der Waals surface area contributed by atoms with Crippen molar-refractivity contribution in [2.45, 2.75) is 45.3 Å². The van der Waals surface area contributed by atoms with Crippen molar-refractivity contribution in [3.05, 3.63) is 29.1 Å². The number of anilines is 1. The summed E-state index contributed by atoms with van der Waals surface area (Å²) in [5.74, 6) is -3.32. The molecule has 11 heteroatoms. The van der Waals surface area contributed by atoms with Gasteiger partial charge in [0.15, 0.2) is 0 Å². The molecule has 33 heavy (non-hydrogen) atoms. The van der Waals surface area contributed by atoms with Crippen LogP contribution in [0.15, 0.2) is 12.1 Å². The third-order valence-electron chi connectivity index (χ3n) is 5.78. The van der Waals surface area contributed by atoms with Gasteiger partial charge >= 0.3 is 6.09 Å². The van der Waals surface area contributed by atoms with E-state index in [0.29, 0.717) is 26.2 Å². The smallest absolute Gasteiger partial charge is 0.410 e. The van der Waals surface area contributed by atoms with Crippen molar-refractivity contribution in [3.8, 4) is 0 Å². The molecule has 3 aliphatic heterocycles. The Balaban J connectivity index is 1.51. The number of piperazine rings is 1. The first kappa shape index (κ1) is 22.7. The lowest BCUT2D eigenvalue weighted by Crippen LogP contribution is -2.54. The Bertz CT molecular complexity index is 1060. The van der Waals surface area contributed by atoms with E-state index in [4.69, 9.17) is 4.74 Å². The first-order chi connectivity index (χ1) is 15.5. The fourth-order valence-corrected chi connectivity index (χ4v) is 4.18. The van der Waals surface area contributed by atoms with E-state index in [1.165, 1.54) is 11.0 Å². The molecule has 0 radical (unpaired) electrons. The SMILES string of the molecule is CC(C)(C)OC(=O)N1CCN(c2cc3c(cc2F)C(=O)N([C@H]2CCC(=O)NC2=O)C3=O)CC1.